The van der Waals surface area contributed by atoms with Crippen LogP contribution in [0.25, 0.3) is 0 Å². The highest BCUT2D eigenvalue weighted by atomic mass is 19.4. The van der Waals surface area contributed by atoms with Crippen LogP contribution in [0.15, 0.2) is 18.3 Å². The summed E-state index contributed by atoms with van der Waals surface area (Å²) >= 11 is 0. The third kappa shape index (κ3) is 4.21. The highest BCUT2D eigenvalue weighted by Gasteiger charge is 2.55. The molecule has 10 heteroatoms. The molecule has 4 rings (SSSR count). The number of nitrogens with one attached hydrogen (secondary N) is 2. The first kappa shape index (κ1) is 20.4. The fourth-order valence-electron chi connectivity index (χ4n) is 4.15. The standard InChI is InChI=1S/C18H22F3N3O4/c1-11(25)23-16-3-5-17(6-4-16,14(26)9-16)24-15(27)10-28-12-2-7-22-13(8-12)18(19,20)21/h2,7-8,14,26H,3-6,9-10H2,1H3,(H,23,25)(H,24,27)/t14-,16?,17?/m0/s1. The Balaban J connectivity index is 1.58. The van der Waals surface area contributed by atoms with E-state index in [4.69, 9.17) is 4.74 Å². The van der Waals surface area contributed by atoms with Gasteiger partial charge in [-0.25, -0.2) is 0 Å². The highest BCUT2D eigenvalue weighted by Crippen LogP contribution is 2.47. The van der Waals surface area contributed by atoms with Gasteiger partial charge >= 0.3 is 6.18 Å². The maximum atomic E-state index is 12.7. The van der Waals surface area contributed by atoms with Gasteiger partial charge in [0.05, 0.1) is 11.6 Å². The molecule has 1 heterocycles. The third-order valence-electron chi connectivity index (χ3n) is 5.54. The van der Waals surface area contributed by atoms with Crippen LogP contribution in [0, 0.1) is 0 Å². The maximum Gasteiger partial charge on any atom is 0.433 e. The van der Waals surface area contributed by atoms with Crippen molar-refractivity contribution >= 4 is 11.8 Å². The van der Waals surface area contributed by atoms with Crippen LogP contribution >= 0.6 is 0 Å². The molecule has 0 aromatic carbocycles. The molecule has 0 aliphatic heterocycles. The van der Waals surface area contributed by atoms with Crippen molar-refractivity contribution in [2.75, 3.05) is 6.61 Å². The number of pyridine rings is 1. The molecule has 0 saturated heterocycles. The van der Waals surface area contributed by atoms with Gasteiger partial charge in [0.1, 0.15) is 11.4 Å². The van der Waals surface area contributed by atoms with E-state index in [1.54, 1.807) is 0 Å². The zero-order chi connectivity index (χ0) is 20.6. The summed E-state index contributed by atoms with van der Waals surface area (Å²) in [7, 11) is 0. The van der Waals surface area contributed by atoms with Crippen LogP contribution in [-0.2, 0) is 15.8 Å². The van der Waals surface area contributed by atoms with E-state index in [0.717, 1.165) is 12.3 Å². The van der Waals surface area contributed by atoms with Crippen molar-refractivity contribution in [3.05, 3.63) is 24.0 Å². The Morgan fingerprint density at radius 2 is 1.96 bits per heavy atom. The molecule has 0 spiro atoms. The molecule has 28 heavy (non-hydrogen) atoms. The molecule has 3 N–H and O–H groups in total. The normalized spacial score (nSPS) is 29.2. The number of carbonyl (C=O) groups is 2. The lowest BCUT2D eigenvalue weighted by molar-refractivity contribution is -0.141. The summed E-state index contributed by atoms with van der Waals surface area (Å²) in [6, 6.07) is 1.96. The van der Waals surface area contributed by atoms with Gasteiger partial charge in [-0.2, -0.15) is 13.2 Å². The van der Waals surface area contributed by atoms with Gasteiger partial charge in [0.25, 0.3) is 5.91 Å². The molecule has 3 aliphatic rings. The zero-order valence-electron chi connectivity index (χ0n) is 15.3. The second kappa shape index (κ2) is 7.23. The first-order chi connectivity index (χ1) is 13.0. The van der Waals surface area contributed by atoms with Gasteiger partial charge in [-0.3, -0.25) is 14.6 Å². The number of alkyl halides is 3. The summed E-state index contributed by atoms with van der Waals surface area (Å²) in [5, 5.41) is 16.3. The van der Waals surface area contributed by atoms with Crippen molar-refractivity contribution in [2.24, 2.45) is 0 Å². The molecule has 2 bridgehead atoms. The average Bonchev–Trinajstić information content (AvgIpc) is 2.60. The number of nitrogens with zero attached hydrogens (tertiary/aromatic N) is 1. The second-order valence-electron chi connectivity index (χ2n) is 7.55. The van der Waals surface area contributed by atoms with Crippen molar-refractivity contribution < 1.29 is 32.6 Å². The number of aliphatic hydroxyl groups is 1. The Morgan fingerprint density at radius 1 is 1.29 bits per heavy atom. The SMILES string of the molecule is CC(=O)NC12CCC(NC(=O)COc3ccnc(C(F)(F)F)c3)(CC1)[C@@H](O)C2. The minimum atomic E-state index is -4.60. The van der Waals surface area contributed by atoms with E-state index in [0.29, 0.717) is 32.1 Å². The molecule has 1 atom stereocenters. The van der Waals surface area contributed by atoms with Gasteiger partial charge < -0.3 is 20.5 Å². The lowest BCUT2D eigenvalue weighted by Crippen LogP contribution is -2.70. The van der Waals surface area contributed by atoms with Crippen molar-refractivity contribution in [2.45, 2.75) is 62.4 Å². The summed E-state index contributed by atoms with van der Waals surface area (Å²) < 4.78 is 43.2. The average molecular weight is 401 g/mol. The number of aliphatic hydroxyl groups excluding tert-OH is 1. The lowest BCUT2D eigenvalue weighted by Gasteiger charge is -2.56. The van der Waals surface area contributed by atoms with E-state index in [1.165, 1.54) is 13.0 Å². The number of halogens is 3. The number of fused-ring (bicyclic) bond motifs is 3. The zero-order valence-corrected chi connectivity index (χ0v) is 15.3. The predicted molar refractivity (Wildman–Crippen MR) is 91.2 cm³/mol. The van der Waals surface area contributed by atoms with E-state index in [1.807, 2.05) is 0 Å². The summed E-state index contributed by atoms with van der Waals surface area (Å²) in [4.78, 5) is 26.9. The Morgan fingerprint density at radius 3 is 2.54 bits per heavy atom. The quantitative estimate of drug-likeness (QED) is 0.695. The van der Waals surface area contributed by atoms with Crippen LogP contribution in [0.3, 0.4) is 0 Å². The van der Waals surface area contributed by atoms with Crippen LogP contribution in [0.2, 0.25) is 0 Å². The van der Waals surface area contributed by atoms with Crippen molar-refractivity contribution in [3.63, 3.8) is 0 Å². The molecule has 154 valence electrons. The minimum absolute atomic E-state index is 0.118. The number of hydrogen-bond donors (Lipinski definition) is 3. The summed E-state index contributed by atoms with van der Waals surface area (Å²) in [5.74, 6) is -0.805. The molecule has 3 saturated carbocycles. The largest absolute Gasteiger partial charge is 0.484 e. The van der Waals surface area contributed by atoms with Gasteiger partial charge in [0, 0.05) is 24.7 Å². The molecule has 1 aromatic heterocycles. The van der Waals surface area contributed by atoms with Crippen LogP contribution in [-0.4, -0.2) is 45.7 Å². The number of amides is 2. The Kier molecular flexibility index (Phi) is 5.26. The van der Waals surface area contributed by atoms with Crippen molar-refractivity contribution in [1.82, 2.24) is 15.6 Å². The van der Waals surface area contributed by atoms with Crippen LogP contribution in [0.1, 0.15) is 44.7 Å². The van der Waals surface area contributed by atoms with Crippen LogP contribution < -0.4 is 15.4 Å². The fraction of sp³-hybridized carbons (Fsp3) is 0.611. The second-order valence-corrected chi connectivity index (χ2v) is 7.55. The molecule has 1 aromatic rings. The van der Waals surface area contributed by atoms with Gasteiger partial charge in [0.2, 0.25) is 5.91 Å². The third-order valence-corrected chi connectivity index (χ3v) is 5.54. The summed E-state index contributed by atoms with van der Waals surface area (Å²) in [6.45, 7) is 0.951. The number of carbonyl (C=O) groups excluding carboxylic acids is 2. The molecule has 7 nitrogen and oxygen atoms in total. The van der Waals surface area contributed by atoms with E-state index in [-0.39, 0.29) is 11.7 Å². The van der Waals surface area contributed by atoms with Gasteiger partial charge in [0.15, 0.2) is 6.61 Å². The van der Waals surface area contributed by atoms with E-state index in [9.17, 15) is 27.9 Å². The molecule has 3 fully saturated rings. The van der Waals surface area contributed by atoms with E-state index >= 15 is 0 Å². The Bertz CT molecular complexity index is 761. The molecular weight excluding hydrogens is 379 g/mol. The first-order valence-corrected chi connectivity index (χ1v) is 8.98. The predicted octanol–water partition coefficient (Wildman–Crippen LogP) is 1.55. The van der Waals surface area contributed by atoms with Crippen LogP contribution in [0.4, 0.5) is 13.2 Å². The molecule has 0 unspecified atom stereocenters. The molecule has 2 amide bonds. The van der Waals surface area contributed by atoms with Gasteiger partial charge in [-0.1, -0.05) is 0 Å². The summed E-state index contributed by atoms with van der Waals surface area (Å²) in [5.41, 5.74) is -2.36. The molecule has 3 aliphatic carbocycles. The fourth-order valence-corrected chi connectivity index (χ4v) is 4.15. The highest BCUT2D eigenvalue weighted by molar-refractivity contribution is 5.78. The number of rotatable bonds is 5. The Hall–Kier alpha value is -2.36. The number of ether oxygens (including phenoxy) is 1. The van der Waals surface area contributed by atoms with Crippen LogP contribution in [0.5, 0.6) is 5.75 Å². The smallest absolute Gasteiger partial charge is 0.433 e. The van der Waals surface area contributed by atoms with Crippen molar-refractivity contribution in [3.8, 4) is 5.75 Å². The number of aromatic nitrogens is 1. The topological polar surface area (TPSA) is 101 Å². The first-order valence-electron chi connectivity index (χ1n) is 8.98. The van der Waals surface area contributed by atoms with Gasteiger partial charge in [-0.15, -0.1) is 0 Å². The molecule has 0 radical (unpaired) electrons. The summed E-state index contributed by atoms with van der Waals surface area (Å²) in [6.07, 6.45) is -1.89. The molecular formula is C18H22F3N3O4. The van der Waals surface area contributed by atoms with Gasteiger partial charge in [-0.05, 0) is 38.2 Å². The number of hydrogen-bond acceptors (Lipinski definition) is 5. The van der Waals surface area contributed by atoms with E-state index < -0.39 is 41.6 Å². The maximum absolute atomic E-state index is 12.7. The monoisotopic (exact) mass is 401 g/mol. The minimum Gasteiger partial charge on any atom is -0.484 e. The van der Waals surface area contributed by atoms with Crippen molar-refractivity contribution in [1.29, 1.82) is 0 Å². The Labute approximate surface area is 159 Å². The van der Waals surface area contributed by atoms with E-state index in [2.05, 4.69) is 15.6 Å². The lowest BCUT2D eigenvalue weighted by atomic mass is 9.60.